The number of fused-ring (bicyclic) bond motifs is 2. The normalized spacial score (nSPS) is 16.5. The van der Waals surface area contributed by atoms with Gasteiger partial charge in [-0.25, -0.2) is 4.68 Å². The monoisotopic (exact) mass is 383 g/mol. The number of hydrogen-bond acceptors (Lipinski definition) is 4. The zero-order valence-electron chi connectivity index (χ0n) is 15.1. The molecule has 0 bridgehead atoms. The van der Waals surface area contributed by atoms with Gasteiger partial charge in [0.2, 0.25) is 5.91 Å². The Labute approximate surface area is 160 Å². The van der Waals surface area contributed by atoms with Crippen molar-refractivity contribution in [3.63, 3.8) is 0 Å². The summed E-state index contributed by atoms with van der Waals surface area (Å²) in [6.07, 6.45) is 1.92. The molecule has 140 valence electrons. The van der Waals surface area contributed by atoms with Gasteiger partial charge in [0.25, 0.3) is 11.1 Å². The summed E-state index contributed by atoms with van der Waals surface area (Å²) >= 11 is 1.75. The van der Waals surface area contributed by atoms with E-state index in [4.69, 9.17) is 0 Å². The van der Waals surface area contributed by atoms with Crippen molar-refractivity contribution in [3.8, 4) is 0 Å². The lowest BCUT2D eigenvalue weighted by Crippen LogP contribution is -2.40. The van der Waals surface area contributed by atoms with E-state index in [1.54, 1.807) is 35.6 Å². The van der Waals surface area contributed by atoms with E-state index >= 15 is 0 Å². The zero-order valence-corrected chi connectivity index (χ0v) is 15.9. The van der Waals surface area contributed by atoms with E-state index < -0.39 is 0 Å². The molecule has 1 N–H and O–H groups in total. The lowest BCUT2D eigenvalue weighted by molar-refractivity contribution is -0.134. The maximum atomic E-state index is 12.9. The van der Waals surface area contributed by atoms with Crippen LogP contribution in [0.15, 0.2) is 45.3 Å². The predicted octanol–water partition coefficient (Wildman–Crippen LogP) is 2.68. The first-order chi connectivity index (χ1) is 13.1. The highest BCUT2D eigenvalue weighted by Crippen LogP contribution is 2.35. The number of carbonyl (C=O) groups is 1. The second kappa shape index (κ2) is 7.15. The molecule has 0 aliphatic carbocycles. The second-order valence-corrected chi connectivity index (χ2v) is 7.75. The standard InChI is InChI=1S/C20H21N3O3S/c1-2-16-15-9-12-27-17(15)7-10-22(16)18(24)8-11-23-20(26)14-6-4-3-5-13(14)19(25)21-23/h3-6,9,12,16H,2,7-8,10-11H2,1H3,(H,21,25). The molecular weight excluding hydrogens is 362 g/mol. The molecule has 1 aliphatic heterocycles. The average molecular weight is 383 g/mol. The number of thiophene rings is 1. The fraction of sp³-hybridized carbons (Fsp3) is 0.350. The number of nitrogens with zero attached hydrogens (tertiary/aromatic N) is 2. The van der Waals surface area contributed by atoms with E-state index in [2.05, 4.69) is 23.5 Å². The van der Waals surface area contributed by atoms with Crippen molar-refractivity contribution in [1.29, 1.82) is 0 Å². The summed E-state index contributed by atoms with van der Waals surface area (Å²) in [5, 5.41) is 5.43. The molecule has 0 saturated carbocycles. The van der Waals surface area contributed by atoms with Crippen LogP contribution in [0.25, 0.3) is 10.8 Å². The van der Waals surface area contributed by atoms with E-state index in [-0.39, 0.29) is 36.0 Å². The Morgan fingerprint density at radius 3 is 2.78 bits per heavy atom. The third-order valence-electron chi connectivity index (χ3n) is 5.23. The molecule has 2 aromatic heterocycles. The zero-order chi connectivity index (χ0) is 19.0. The van der Waals surface area contributed by atoms with Crippen LogP contribution in [0.2, 0.25) is 0 Å². The van der Waals surface area contributed by atoms with E-state index in [9.17, 15) is 14.4 Å². The van der Waals surface area contributed by atoms with Gasteiger partial charge in [-0.05, 0) is 42.0 Å². The Bertz CT molecular complexity index is 1110. The van der Waals surface area contributed by atoms with Gasteiger partial charge >= 0.3 is 0 Å². The Hall–Kier alpha value is -2.67. The number of H-pyrrole nitrogens is 1. The van der Waals surface area contributed by atoms with E-state index in [0.29, 0.717) is 17.3 Å². The molecule has 6 nitrogen and oxygen atoms in total. The van der Waals surface area contributed by atoms with Gasteiger partial charge in [-0.2, -0.15) is 0 Å². The molecule has 1 aromatic carbocycles. The molecular formula is C20H21N3O3S. The smallest absolute Gasteiger partial charge is 0.273 e. The molecule has 1 aliphatic rings. The maximum absolute atomic E-state index is 12.9. The molecule has 4 rings (SSSR count). The van der Waals surface area contributed by atoms with Crippen LogP contribution in [0.3, 0.4) is 0 Å². The van der Waals surface area contributed by atoms with Crippen LogP contribution in [-0.4, -0.2) is 27.1 Å². The van der Waals surface area contributed by atoms with E-state index in [1.807, 2.05) is 4.90 Å². The van der Waals surface area contributed by atoms with Gasteiger partial charge in [0.1, 0.15) is 0 Å². The number of aromatic nitrogens is 2. The lowest BCUT2D eigenvalue weighted by Gasteiger charge is -2.35. The van der Waals surface area contributed by atoms with Crippen molar-refractivity contribution in [2.75, 3.05) is 6.54 Å². The molecule has 1 unspecified atom stereocenters. The van der Waals surface area contributed by atoms with Crippen molar-refractivity contribution in [1.82, 2.24) is 14.7 Å². The first-order valence-electron chi connectivity index (χ1n) is 9.17. The number of aryl methyl sites for hydroxylation is 1. The van der Waals surface area contributed by atoms with Crippen LogP contribution >= 0.6 is 11.3 Å². The molecule has 7 heteroatoms. The number of aromatic amines is 1. The van der Waals surface area contributed by atoms with Gasteiger partial charge in [0, 0.05) is 17.8 Å². The molecule has 3 aromatic rings. The highest BCUT2D eigenvalue weighted by atomic mass is 32.1. The average Bonchev–Trinajstić information content (AvgIpc) is 3.17. The summed E-state index contributed by atoms with van der Waals surface area (Å²) in [6.45, 7) is 2.96. The third kappa shape index (κ3) is 3.12. The molecule has 1 amide bonds. The molecule has 0 fully saturated rings. The molecule has 27 heavy (non-hydrogen) atoms. The number of amides is 1. The SMILES string of the molecule is CCC1c2ccsc2CCN1C(=O)CCn1[nH]c(=O)c2ccccc2c1=O. The van der Waals surface area contributed by atoms with Crippen molar-refractivity contribution in [3.05, 3.63) is 66.9 Å². The molecule has 0 radical (unpaired) electrons. The summed E-state index contributed by atoms with van der Waals surface area (Å²) in [6, 6.07) is 8.93. The van der Waals surface area contributed by atoms with Crippen molar-refractivity contribution < 1.29 is 4.79 Å². The number of carbonyl (C=O) groups excluding carboxylic acids is 1. The largest absolute Gasteiger partial charge is 0.335 e. The first-order valence-corrected chi connectivity index (χ1v) is 10.1. The Morgan fingerprint density at radius 2 is 2.00 bits per heavy atom. The van der Waals surface area contributed by atoms with Crippen LogP contribution in [0.5, 0.6) is 0 Å². The summed E-state index contributed by atoms with van der Waals surface area (Å²) in [7, 11) is 0. The van der Waals surface area contributed by atoms with Gasteiger partial charge in [-0.3, -0.25) is 19.5 Å². The molecule has 0 spiro atoms. The second-order valence-electron chi connectivity index (χ2n) is 6.75. The van der Waals surface area contributed by atoms with Gasteiger partial charge in [-0.15, -0.1) is 11.3 Å². The Balaban J connectivity index is 1.55. The lowest BCUT2D eigenvalue weighted by atomic mass is 9.97. The van der Waals surface area contributed by atoms with Crippen LogP contribution in [0.4, 0.5) is 0 Å². The van der Waals surface area contributed by atoms with Gasteiger partial charge in [0.05, 0.1) is 23.4 Å². The minimum atomic E-state index is -0.315. The van der Waals surface area contributed by atoms with E-state index in [0.717, 1.165) is 12.8 Å². The highest BCUT2D eigenvalue weighted by Gasteiger charge is 2.30. The first kappa shape index (κ1) is 17.7. The van der Waals surface area contributed by atoms with E-state index in [1.165, 1.54) is 15.1 Å². The summed E-state index contributed by atoms with van der Waals surface area (Å²) < 4.78 is 1.25. The van der Waals surface area contributed by atoms with Crippen LogP contribution in [-0.2, 0) is 17.8 Å². The highest BCUT2D eigenvalue weighted by molar-refractivity contribution is 7.10. The number of hydrogen-bond donors (Lipinski definition) is 1. The number of nitrogens with one attached hydrogen (secondary N) is 1. The fourth-order valence-corrected chi connectivity index (χ4v) is 4.82. The minimum absolute atomic E-state index is 0.0135. The third-order valence-corrected chi connectivity index (χ3v) is 6.23. The van der Waals surface area contributed by atoms with Crippen LogP contribution in [0, 0.1) is 0 Å². The van der Waals surface area contributed by atoms with Gasteiger partial charge < -0.3 is 4.90 Å². The Kier molecular flexibility index (Phi) is 4.70. The number of benzene rings is 1. The fourth-order valence-electron chi connectivity index (χ4n) is 3.89. The van der Waals surface area contributed by atoms with Crippen LogP contribution in [0.1, 0.15) is 36.2 Å². The molecule has 0 saturated heterocycles. The van der Waals surface area contributed by atoms with Crippen molar-refractivity contribution >= 4 is 28.0 Å². The van der Waals surface area contributed by atoms with Crippen LogP contribution < -0.4 is 11.1 Å². The van der Waals surface area contributed by atoms with Gasteiger partial charge in [0.15, 0.2) is 0 Å². The molecule has 1 atom stereocenters. The summed E-state index contributed by atoms with van der Waals surface area (Å²) in [5.41, 5.74) is 0.659. The number of rotatable bonds is 4. The predicted molar refractivity (Wildman–Crippen MR) is 106 cm³/mol. The summed E-state index contributed by atoms with van der Waals surface area (Å²) in [5.74, 6) is 0.0135. The maximum Gasteiger partial charge on any atom is 0.273 e. The topological polar surface area (TPSA) is 75.2 Å². The summed E-state index contributed by atoms with van der Waals surface area (Å²) in [4.78, 5) is 40.9. The molecule has 3 heterocycles. The van der Waals surface area contributed by atoms with Crippen molar-refractivity contribution in [2.24, 2.45) is 0 Å². The van der Waals surface area contributed by atoms with Crippen molar-refractivity contribution in [2.45, 2.75) is 38.8 Å². The quantitative estimate of drug-likeness (QED) is 0.753. The minimum Gasteiger partial charge on any atom is -0.335 e. The van der Waals surface area contributed by atoms with Gasteiger partial charge in [-0.1, -0.05) is 19.1 Å². The Morgan fingerprint density at radius 1 is 1.22 bits per heavy atom.